The molecule has 0 radical (unpaired) electrons. The normalized spacial score (nSPS) is 10.7. The maximum Gasteiger partial charge on any atom is 0.339 e. The van der Waals surface area contributed by atoms with E-state index in [9.17, 15) is 9.90 Å². The number of hydrogen-bond acceptors (Lipinski definition) is 2. The Balaban J connectivity index is 2.16. The Morgan fingerprint density at radius 1 is 0.952 bits per heavy atom. The number of carboxylic acids is 1. The van der Waals surface area contributed by atoms with Crippen LogP contribution in [0.5, 0.6) is 5.75 Å². The molecule has 3 heteroatoms. The van der Waals surface area contributed by atoms with E-state index in [2.05, 4.69) is 6.92 Å². The number of hydrogen-bond donors (Lipinski definition) is 2. The molecule has 0 aliphatic rings. The van der Waals surface area contributed by atoms with E-state index in [4.69, 9.17) is 5.11 Å². The number of benzene rings is 1. The molecule has 0 atom stereocenters. The number of aryl methyl sites for hydroxylation is 1. The van der Waals surface area contributed by atoms with Gasteiger partial charge in [-0.1, -0.05) is 64.4 Å². The molecule has 0 spiro atoms. The van der Waals surface area contributed by atoms with Crippen LogP contribution in [0.4, 0.5) is 0 Å². The Bertz CT molecular complexity index is 426. The maximum absolute atomic E-state index is 10.9. The van der Waals surface area contributed by atoms with Crippen molar-refractivity contribution >= 4 is 5.97 Å². The van der Waals surface area contributed by atoms with E-state index in [0.717, 1.165) is 18.4 Å². The molecule has 0 unspecified atom stereocenters. The van der Waals surface area contributed by atoms with Gasteiger partial charge in [0.2, 0.25) is 0 Å². The predicted octanol–water partition coefficient (Wildman–Crippen LogP) is 5.16. The molecule has 0 aliphatic carbocycles. The van der Waals surface area contributed by atoms with Crippen LogP contribution in [0, 0.1) is 0 Å². The fourth-order valence-electron chi connectivity index (χ4n) is 2.55. The number of phenols is 1. The molecule has 1 rings (SSSR count). The lowest BCUT2D eigenvalue weighted by Crippen LogP contribution is -1.98. The average molecular weight is 292 g/mol. The lowest BCUT2D eigenvalue weighted by molar-refractivity contribution is 0.0693. The Morgan fingerprint density at radius 3 is 2.10 bits per heavy atom. The van der Waals surface area contributed by atoms with Crippen molar-refractivity contribution in [2.45, 2.75) is 71.1 Å². The van der Waals surface area contributed by atoms with Gasteiger partial charge in [0.1, 0.15) is 11.3 Å². The van der Waals surface area contributed by atoms with Crippen molar-refractivity contribution in [2.75, 3.05) is 0 Å². The van der Waals surface area contributed by atoms with E-state index < -0.39 is 5.97 Å². The zero-order valence-corrected chi connectivity index (χ0v) is 13.1. The summed E-state index contributed by atoms with van der Waals surface area (Å²) >= 11 is 0. The summed E-state index contributed by atoms with van der Waals surface area (Å²) in [7, 11) is 0. The number of carbonyl (C=O) groups is 1. The number of aromatic hydroxyl groups is 1. The van der Waals surface area contributed by atoms with Crippen LogP contribution in [0.2, 0.25) is 0 Å². The smallest absolute Gasteiger partial charge is 0.339 e. The van der Waals surface area contributed by atoms with Gasteiger partial charge in [-0.05, 0) is 30.5 Å². The minimum atomic E-state index is -1.07. The minimum Gasteiger partial charge on any atom is -0.507 e. The highest BCUT2D eigenvalue weighted by Gasteiger charge is 2.09. The molecule has 0 heterocycles. The zero-order valence-electron chi connectivity index (χ0n) is 13.1. The van der Waals surface area contributed by atoms with Gasteiger partial charge in [0.05, 0.1) is 0 Å². The Morgan fingerprint density at radius 2 is 1.52 bits per heavy atom. The number of rotatable bonds is 11. The summed E-state index contributed by atoms with van der Waals surface area (Å²) in [6.07, 6.45) is 12.4. The van der Waals surface area contributed by atoms with Crippen LogP contribution in [0.15, 0.2) is 18.2 Å². The van der Waals surface area contributed by atoms with Crippen molar-refractivity contribution in [3.8, 4) is 5.75 Å². The van der Waals surface area contributed by atoms with Crippen LogP contribution < -0.4 is 0 Å². The lowest BCUT2D eigenvalue weighted by Gasteiger charge is -2.05. The lowest BCUT2D eigenvalue weighted by atomic mass is 10.0. The van der Waals surface area contributed by atoms with Crippen molar-refractivity contribution in [3.05, 3.63) is 29.3 Å². The van der Waals surface area contributed by atoms with Gasteiger partial charge in [-0.2, -0.15) is 0 Å². The summed E-state index contributed by atoms with van der Waals surface area (Å²) in [6.45, 7) is 2.24. The molecule has 1 aromatic rings. The Labute approximate surface area is 128 Å². The summed E-state index contributed by atoms with van der Waals surface area (Å²) in [6, 6.07) is 4.88. The van der Waals surface area contributed by atoms with Crippen molar-refractivity contribution in [2.24, 2.45) is 0 Å². The molecule has 1 aromatic carbocycles. The van der Waals surface area contributed by atoms with Gasteiger partial charge in [0.15, 0.2) is 0 Å². The first-order chi connectivity index (χ1) is 10.1. The predicted molar refractivity (Wildman–Crippen MR) is 86.0 cm³/mol. The van der Waals surface area contributed by atoms with E-state index in [1.54, 1.807) is 6.07 Å². The van der Waals surface area contributed by atoms with E-state index in [-0.39, 0.29) is 11.3 Å². The molecular weight excluding hydrogens is 264 g/mol. The molecule has 118 valence electrons. The maximum atomic E-state index is 10.9. The Hall–Kier alpha value is -1.51. The average Bonchev–Trinajstić information content (AvgIpc) is 2.47. The highest BCUT2D eigenvalue weighted by molar-refractivity contribution is 5.90. The molecule has 0 saturated heterocycles. The molecule has 0 bridgehead atoms. The second-order valence-corrected chi connectivity index (χ2v) is 5.74. The van der Waals surface area contributed by atoms with Gasteiger partial charge in [-0.15, -0.1) is 0 Å². The zero-order chi connectivity index (χ0) is 15.5. The highest BCUT2D eigenvalue weighted by atomic mass is 16.4. The summed E-state index contributed by atoms with van der Waals surface area (Å²) in [4.78, 5) is 10.9. The van der Waals surface area contributed by atoms with E-state index in [1.165, 1.54) is 57.4 Å². The molecule has 0 saturated carbocycles. The van der Waals surface area contributed by atoms with Gasteiger partial charge < -0.3 is 10.2 Å². The molecule has 0 aliphatic heterocycles. The standard InChI is InChI=1S/C18H28O3/c1-2-3-4-5-6-7-8-9-10-11-15-12-13-17(19)16(14-15)18(20)21/h12-14,19H,2-11H2,1H3,(H,20,21). The minimum absolute atomic E-state index is 0.00317. The third kappa shape index (κ3) is 7.16. The Kier molecular flexibility index (Phi) is 8.56. The molecule has 21 heavy (non-hydrogen) atoms. The fraction of sp³-hybridized carbons (Fsp3) is 0.611. The van der Waals surface area contributed by atoms with Crippen molar-refractivity contribution in [1.82, 2.24) is 0 Å². The highest BCUT2D eigenvalue weighted by Crippen LogP contribution is 2.20. The van der Waals surface area contributed by atoms with Crippen LogP contribution in [0.3, 0.4) is 0 Å². The van der Waals surface area contributed by atoms with E-state index in [0.29, 0.717) is 0 Å². The van der Waals surface area contributed by atoms with Crippen LogP contribution in [-0.4, -0.2) is 16.2 Å². The quantitative estimate of drug-likeness (QED) is 0.554. The molecule has 0 fully saturated rings. The van der Waals surface area contributed by atoms with Crippen LogP contribution in [0.25, 0.3) is 0 Å². The van der Waals surface area contributed by atoms with Crippen LogP contribution >= 0.6 is 0 Å². The first-order valence-corrected chi connectivity index (χ1v) is 8.20. The molecule has 2 N–H and O–H groups in total. The van der Waals surface area contributed by atoms with Gasteiger partial charge in [-0.25, -0.2) is 4.79 Å². The molecule has 0 aromatic heterocycles. The number of aromatic carboxylic acids is 1. The fourth-order valence-corrected chi connectivity index (χ4v) is 2.55. The molecular formula is C18H28O3. The third-order valence-electron chi connectivity index (χ3n) is 3.86. The van der Waals surface area contributed by atoms with Crippen LogP contribution in [0.1, 0.15) is 80.6 Å². The van der Waals surface area contributed by atoms with Crippen molar-refractivity contribution in [1.29, 1.82) is 0 Å². The largest absolute Gasteiger partial charge is 0.507 e. The molecule has 0 amide bonds. The molecule has 3 nitrogen and oxygen atoms in total. The van der Waals surface area contributed by atoms with Gasteiger partial charge in [0, 0.05) is 0 Å². The second-order valence-electron chi connectivity index (χ2n) is 5.74. The first-order valence-electron chi connectivity index (χ1n) is 8.20. The van der Waals surface area contributed by atoms with E-state index in [1.807, 2.05) is 6.07 Å². The van der Waals surface area contributed by atoms with Crippen LogP contribution in [-0.2, 0) is 6.42 Å². The van der Waals surface area contributed by atoms with Gasteiger partial charge in [-0.3, -0.25) is 0 Å². The second kappa shape index (κ2) is 10.3. The van der Waals surface area contributed by atoms with Crippen molar-refractivity contribution < 1.29 is 15.0 Å². The summed E-state index contributed by atoms with van der Waals surface area (Å²) in [5.74, 6) is -1.22. The summed E-state index contributed by atoms with van der Waals surface area (Å²) < 4.78 is 0. The van der Waals surface area contributed by atoms with Gasteiger partial charge in [0.25, 0.3) is 0 Å². The monoisotopic (exact) mass is 292 g/mol. The SMILES string of the molecule is CCCCCCCCCCCc1ccc(O)c(C(=O)O)c1. The topological polar surface area (TPSA) is 57.5 Å². The van der Waals surface area contributed by atoms with Gasteiger partial charge >= 0.3 is 5.97 Å². The number of carboxylic acid groups (broad SMARTS) is 1. The summed E-state index contributed by atoms with van der Waals surface area (Å²) in [5, 5.41) is 18.4. The van der Waals surface area contributed by atoms with Crippen molar-refractivity contribution in [3.63, 3.8) is 0 Å². The summed E-state index contributed by atoms with van der Waals surface area (Å²) in [5.41, 5.74) is 0.997. The third-order valence-corrected chi connectivity index (χ3v) is 3.86. The van der Waals surface area contributed by atoms with E-state index >= 15 is 0 Å². The number of unbranched alkanes of at least 4 members (excludes halogenated alkanes) is 8. The first kappa shape index (κ1) is 17.5.